The minimum Gasteiger partial charge on any atom is -0.497 e. The van der Waals surface area contributed by atoms with Crippen LogP contribution in [-0.4, -0.2) is 80.6 Å². The van der Waals surface area contributed by atoms with Crippen LogP contribution in [0.3, 0.4) is 0 Å². The Kier molecular flexibility index (Phi) is 12.5. The van der Waals surface area contributed by atoms with E-state index in [0.29, 0.717) is 0 Å². The molecule has 0 atom stereocenters. The zero-order valence-electron chi connectivity index (χ0n) is 25.6. The van der Waals surface area contributed by atoms with Crippen LogP contribution in [-0.2, 0) is 21.1 Å². The van der Waals surface area contributed by atoms with Crippen LogP contribution in [0.4, 0.5) is 22.7 Å². The first-order valence-corrected chi connectivity index (χ1v) is 12.9. The number of pyridine rings is 2. The second-order valence-electron chi connectivity index (χ2n) is 9.95. The molecule has 41 heavy (non-hydrogen) atoms. The molecule has 2 aromatic heterocycles. The van der Waals surface area contributed by atoms with Crippen LogP contribution in [0.15, 0.2) is 60.9 Å². The second-order valence-corrected chi connectivity index (χ2v) is 9.95. The summed E-state index contributed by atoms with van der Waals surface area (Å²) >= 11 is 0. The quantitative estimate of drug-likeness (QED) is 0.224. The van der Waals surface area contributed by atoms with Crippen LogP contribution in [0, 0.1) is 12.1 Å². The first kappa shape index (κ1) is 33.4. The van der Waals surface area contributed by atoms with Crippen LogP contribution in [0.1, 0.15) is 0 Å². The van der Waals surface area contributed by atoms with Crippen molar-refractivity contribution in [3.63, 3.8) is 0 Å². The van der Waals surface area contributed by atoms with Gasteiger partial charge in [0.25, 0.3) is 0 Å². The Labute approximate surface area is 259 Å². The number of methoxy groups -OCH3 is 2. The Bertz CT molecular complexity index is 1300. The molecule has 8 nitrogen and oxygen atoms in total. The van der Waals surface area contributed by atoms with Crippen LogP contribution < -0.4 is 29.1 Å². The predicted molar refractivity (Wildman–Crippen MR) is 167 cm³/mol. The van der Waals surface area contributed by atoms with Gasteiger partial charge in [-0.3, -0.25) is 0 Å². The fourth-order valence-electron chi connectivity index (χ4n) is 3.96. The van der Waals surface area contributed by atoms with Crippen LogP contribution in [0.25, 0.3) is 22.5 Å². The van der Waals surface area contributed by atoms with Gasteiger partial charge >= 0.3 is 21.1 Å². The number of rotatable bonds is 8. The molecule has 2 heterocycles. The van der Waals surface area contributed by atoms with Crippen molar-refractivity contribution in [2.24, 2.45) is 0 Å². The van der Waals surface area contributed by atoms with E-state index in [1.54, 1.807) is 26.6 Å². The van der Waals surface area contributed by atoms with Gasteiger partial charge in [-0.1, -0.05) is 0 Å². The van der Waals surface area contributed by atoms with Gasteiger partial charge in [-0.25, -0.2) is 0 Å². The van der Waals surface area contributed by atoms with Crippen molar-refractivity contribution >= 4 is 22.7 Å². The summed E-state index contributed by atoms with van der Waals surface area (Å²) in [7, 11) is 19.4. The minimum absolute atomic E-state index is 0. The van der Waals surface area contributed by atoms with Crippen molar-refractivity contribution in [2.45, 2.75) is 0 Å². The molecule has 0 radical (unpaired) electrons. The number of nitrogens with zero attached hydrogens (tertiary/aromatic N) is 6. The third-order valence-electron chi connectivity index (χ3n) is 6.19. The van der Waals surface area contributed by atoms with E-state index in [0.717, 1.165) is 56.8 Å². The van der Waals surface area contributed by atoms with E-state index >= 15 is 0 Å². The Hall–Kier alpha value is -3.77. The second kappa shape index (κ2) is 15.3. The van der Waals surface area contributed by atoms with Gasteiger partial charge in [0.1, 0.15) is 11.5 Å². The van der Waals surface area contributed by atoms with E-state index < -0.39 is 0 Å². The zero-order chi connectivity index (χ0) is 29.4. The Morgan fingerprint density at radius 3 is 1.20 bits per heavy atom. The van der Waals surface area contributed by atoms with Gasteiger partial charge in [0, 0.05) is 40.6 Å². The van der Waals surface area contributed by atoms with Crippen molar-refractivity contribution in [1.29, 1.82) is 0 Å². The van der Waals surface area contributed by atoms with Crippen LogP contribution in [0.5, 0.6) is 11.5 Å². The van der Waals surface area contributed by atoms with Gasteiger partial charge in [0.05, 0.1) is 14.2 Å². The summed E-state index contributed by atoms with van der Waals surface area (Å²) in [6, 6.07) is 22.7. The van der Waals surface area contributed by atoms with Crippen LogP contribution in [0.2, 0.25) is 0 Å². The minimum atomic E-state index is 0. The molecule has 2 aromatic carbocycles. The molecule has 220 valence electrons. The monoisotopic (exact) mass is 735 g/mol. The third-order valence-corrected chi connectivity index (χ3v) is 6.19. The molecule has 4 rings (SSSR count). The van der Waals surface area contributed by atoms with Crippen molar-refractivity contribution in [1.82, 2.24) is 9.97 Å². The standard InChI is InChI=1S/2C16H20N3O.Pt/c2*1-18(2)12-6-7-16(19(3)4)14(10-12)15-11-13(20-5)8-9-17-15;/h2*6-9,11H,1-5H3;/q2*-1;+2. The Morgan fingerprint density at radius 2 is 0.902 bits per heavy atom. The molecule has 0 spiro atoms. The molecule has 0 aliphatic carbocycles. The number of aromatic nitrogens is 2. The zero-order valence-corrected chi connectivity index (χ0v) is 27.9. The van der Waals surface area contributed by atoms with Gasteiger partial charge in [-0.15, -0.1) is 47.5 Å². The molecule has 0 saturated carbocycles. The van der Waals surface area contributed by atoms with Gasteiger partial charge in [-0.2, -0.15) is 0 Å². The molecule has 0 bridgehead atoms. The van der Waals surface area contributed by atoms with Crippen molar-refractivity contribution in [3.05, 3.63) is 73.1 Å². The fourth-order valence-corrected chi connectivity index (χ4v) is 3.96. The number of hydrogen-bond acceptors (Lipinski definition) is 8. The molecule has 0 saturated heterocycles. The summed E-state index contributed by atoms with van der Waals surface area (Å²) in [5.41, 5.74) is 7.87. The molecule has 0 unspecified atom stereocenters. The molecule has 0 aliphatic rings. The maximum Gasteiger partial charge on any atom is 2.00 e. The van der Waals surface area contributed by atoms with E-state index in [9.17, 15) is 0 Å². The van der Waals surface area contributed by atoms with E-state index in [1.165, 1.54) is 0 Å². The van der Waals surface area contributed by atoms with E-state index in [2.05, 4.69) is 56.2 Å². The first-order valence-electron chi connectivity index (χ1n) is 12.9. The molecular formula is C32H40N6O2Pt. The van der Waals surface area contributed by atoms with Crippen LogP contribution >= 0.6 is 0 Å². The summed E-state index contributed by atoms with van der Waals surface area (Å²) in [6.07, 6.45) is 3.51. The summed E-state index contributed by atoms with van der Waals surface area (Å²) in [4.78, 5) is 17.1. The maximum absolute atomic E-state index is 5.28. The van der Waals surface area contributed by atoms with E-state index in [4.69, 9.17) is 9.47 Å². The Balaban J connectivity index is 0.000000280. The molecule has 0 fully saturated rings. The average Bonchev–Trinajstić information content (AvgIpc) is 2.96. The number of benzene rings is 2. The first-order chi connectivity index (χ1) is 19.0. The van der Waals surface area contributed by atoms with Crippen molar-refractivity contribution in [2.75, 3.05) is 90.2 Å². The Morgan fingerprint density at radius 1 is 0.537 bits per heavy atom. The predicted octanol–water partition coefficient (Wildman–Crippen LogP) is 5.38. The van der Waals surface area contributed by atoms with Gasteiger partial charge < -0.3 is 39.0 Å². The van der Waals surface area contributed by atoms with Gasteiger partial charge in [0.15, 0.2) is 0 Å². The number of ether oxygens (including phenoxy) is 2. The van der Waals surface area contributed by atoms with E-state index in [-0.39, 0.29) is 21.1 Å². The van der Waals surface area contributed by atoms with Gasteiger partial charge in [0.2, 0.25) is 0 Å². The summed E-state index contributed by atoms with van der Waals surface area (Å²) in [6.45, 7) is 0. The van der Waals surface area contributed by atoms with Crippen molar-refractivity contribution < 1.29 is 30.5 Å². The smallest absolute Gasteiger partial charge is 0.497 e. The molecule has 9 heteroatoms. The normalized spacial score (nSPS) is 10.0. The fraction of sp³-hybridized carbons (Fsp3) is 0.312. The summed E-state index contributed by atoms with van der Waals surface area (Å²) < 4.78 is 10.6. The molecule has 0 N–H and O–H groups in total. The van der Waals surface area contributed by atoms with E-state index in [1.807, 2.05) is 90.4 Å². The maximum atomic E-state index is 5.28. The molecule has 0 aliphatic heterocycles. The SMILES string of the molecule is COc1ccnc(-c2[c-]c(N(C)C)ccc2N(C)C)c1.COc1ccnc(-c2[c-]c(N(C)C)ccc2N(C)C)c1.[Pt+2]. The average molecular weight is 736 g/mol. The van der Waals surface area contributed by atoms with Gasteiger partial charge in [-0.05, 0) is 86.6 Å². The topological polar surface area (TPSA) is 57.2 Å². The third kappa shape index (κ3) is 8.61. The number of hydrogen-bond donors (Lipinski definition) is 0. The summed E-state index contributed by atoms with van der Waals surface area (Å²) in [5.74, 6) is 1.59. The van der Waals surface area contributed by atoms with Crippen molar-refractivity contribution in [3.8, 4) is 34.0 Å². The molecular weight excluding hydrogens is 695 g/mol. The molecule has 4 aromatic rings. The molecule has 0 amide bonds. The summed E-state index contributed by atoms with van der Waals surface area (Å²) in [5, 5.41) is 0. The number of anilines is 4. The largest absolute Gasteiger partial charge is 2.00 e.